The largest absolute Gasteiger partial charge is 0.256 e. The highest BCUT2D eigenvalue weighted by atomic mass is 14.7. The lowest BCUT2D eigenvalue weighted by molar-refractivity contribution is 0.851. The highest BCUT2D eigenvalue weighted by Gasteiger charge is 2.15. The summed E-state index contributed by atoms with van der Waals surface area (Å²) in [6, 6.07) is 51.0. The van der Waals surface area contributed by atoms with Crippen molar-refractivity contribution in [2.24, 2.45) is 0 Å². The Labute approximate surface area is 281 Å². The first-order valence-corrected chi connectivity index (χ1v) is 16.4. The van der Waals surface area contributed by atoms with Gasteiger partial charge in [0.15, 0.2) is 0 Å². The summed E-state index contributed by atoms with van der Waals surface area (Å²) in [5.41, 5.74) is 13.7. The van der Waals surface area contributed by atoms with E-state index in [1.54, 1.807) is 0 Å². The summed E-state index contributed by atoms with van der Waals surface area (Å²) < 4.78 is 0. The molecule has 8 rings (SSSR count). The first-order valence-electron chi connectivity index (χ1n) is 16.4. The van der Waals surface area contributed by atoms with Crippen LogP contribution in [0.4, 0.5) is 0 Å². The molecule has 1 aliphatic rings. The van der Waals surface area contributed by atoms with E-state index in [1.807, 2.05) is 30.6 Å². The molecule has 3 heterocycles. The van der Waals surface area contributed by atoms with E-state index in [-0.39, 0.29) is 0 Å². The molecule has 0 aliphatic heterocycles. The summed E-state index contributed by atoms with van der Waals surface area (Å²) in [5, 5.41) is 0. The molecule has 1 aliphatic carbocycles. The maximum atomic E-state index is 5.13. The lowest BCUT2D eigenvalue weighted by atomic mass is 9.91. The molecule has 1 atom stereocenters. The number of allylic oxidation sites excluding steroid dienone is 4. The third-order valence-electron chi connectivity index (χ3n) is 8.88. The van der Waals surface area contributed by atoms with Crippen molar-refractivity contribution in [1.82, 2.24) is 15.0 Å². The number of hydrogen-bond acceptors (Lipinski definition) is 3. The van der Waals surface area contributed by atoms with Gasteiger partial charge < -0.3 is 0 Å². The predicted octanol–water partition coefficient (Wildman–Crippen LogP) is 11.5. The van der Waals surface area contributed by atoms with E-state index in [0.29, 0.717) is 5.92 Å². The molecule has 7 aromatic rings. The first-order chi connectivity index (χ1) is 23.8. The van der Waals surface area contributed by atoms with Gasteiger partial charge in [-0.25, -0.2) is 4.98 Å². The van der Waals surface area contributed by atoms with E-state index < -0.39 is 0 Å². The molecule has 0 fully saturated rings. The molecule has 0 bridgehead atoms. The maximum Gasteiger partial charge on any atom is 0.0715 e. The van der Waals surface area contributed by atoms with Crippen molar-refractivity contribution >= 4 is 0 Å². The van der Waals surface area contributed by atoms with Gasteiger partial charge in [0.1, 0.15) is 0 Å². The fourth-order valence-corrected chi connectivity index (χ4v) is 6.36. The van der Waals surface area contributed by atoms with Crippen LogP contribution in [-0.4, -0.2) is 15.0 Å². The van der Waals surface area contributed by atoms with Gasteiger partial charge in [0.2, 0.25) is 0 Å². The van der Waals surface area contributed by atoms with Crippen LogP contribution in [0.15, 0.2) is 182 Å². The van der Waals surface area contributed by atoms with E-state index in [2.05, 4.69) is 152 Å². The van der Waals surface area contributed by atoms with Crippen LogP contribution in [0.3, 0.4) is 0 Å². The van der Waals surface area contributed by atoms with E-state index >= 15 is 0 Å². The van der Waals surface area contributed by atoms with Crippen molar-refractivity contribution in [2.45, 2.75) is 12.3 Å². The van der Waals surface area contributed by atoms with Gasteiger partial charge >= 0.3 is 0 Å². The molecule has 3 heteroatoms. The van der Waals surface area contributed by atoms with Crippen LogP contribution in [0.5, 0.6) is 0 Å². The quantitative estimate of drug-likeness (QED) is 0.179. The Balaban J connectivity index is 1.32. The number of nitrogens with zero attached hydrogens (tertiary/aromatic N) is 3. The lowest BCUT2D eigenvalue weighted by Crippen LogP contribution is -1.98. The van der Waals surface area contributed by atoms with E-state index in [0.717, 1.165) is 73.7 Å². The van der Waals surface area contributed by atoms with Crippen molar-refractivity contribution in [3.63, 3.8) is 0 Å². The Morgan fingerprint density at radius 2 is 0.917 bits per heavy atom. The molecule has 3 nitrogen and oxygen atoms in total. The minimum atomic E-state index is 0.339. The van der Waals surface area contributed by atoms with Crippen molar-refractivity contribution in [1.29, 1.82) is 0 Å². The van der Waals surface area contributed by atoms with Gasteiger partial charge in [0.05, 0.1) is 22.8 Å². The highest BCUT2D eigenvalue weighted by Crippen LogP contribution is 2.37. The van der Waals surface area contributed by atoms with Gasteiger partial charge in [0, 0.05) is 40.6 Å². The van der Waals surface area contributed by atoms with E-state index in [1.165, 1.54) is 5.56 Å². The van der Waals surface area contributed by atoms with Crippen LogP contribution >= 0.6 is 0 Å². The maximum absolute atomic E-state index is 5.13. The fraction of sp³-hybridized carbons (Fsp3) is 0.0444. The van der Waals surface area contributed by atoms with Crippen LogP contribution < -0.4 is 0 Å². The standard InChI is InChI=1S/C45H33N3/c1-5-13-32(14-6-1)36-21-23-46-42(28-36)40-25-38(26-41(27-40)43-29-37(22-24-47-43)33-15-7-2-8-16-33)39-30-44(34-17-9-3-10-18-34)48-45(31-39)35-19-11-4-12-20-35/h1-15,17-31,33H,16H2. The monoisotopic (exact) mass is 615 g/mol. The van der Waals surface area contributed by atoms with Crippen LogP contribution in [0.1, 0.15) is 17.9 Å². The second kappa shape index (κ2) is 13.3. The lowest BCUT2D eigenvalue weighted by Gasteiger charge is -2.16. The summed E-state index contributed by atoms with van der Waals surface area (Å²) in [4.78, 5) is 14.9. The van der Waals surface area contributed by atoms with Crippen LogP contribution in [0.2, 0.25) is 0 Å². The fourth-order valence-electron chi connectivity index (χ4n) is 6.36. The second-order valence-electron chi connectivity index (χ2n) is 12.1. The van der Waals surface area contributed by atoms with Gasteiger partial charge in [-0.1, -0.05) is 115 Å². The Morgan fingerprint density at radius 1 is 0.396 bits per heavy atom. The topological polar surface area (TPSA) is 38.7 Å². The van der Waals surface area contributed by atoms with Gasteiger partial charge in [-0.3, -0.25) is 9.97 Å². The summed E-state index contributed by atoms with van der Waals surface area (Å²) in [6.45, 7) is 0. The van der Waals surface area contributed by atoms with Crippen LogP contribution in [-0.2, 0) is 0 Å². The molecule has 0 N–H and O–H groups in total. The van der Waals surface area contributed by atoms with Gasteiger partial charge in [-0.2, -0.15) is 0 Å². The van der Waals surface area contributed by atoms with Gasteiger partial charge in [0.25, 0.3) is 0 Å². The molecule has 4 aromatic carbocycles. The number of benzene rings is 4. The Hall–Kier alpha value is -6.19. The Bertz CT molecular complexity index is 2200. The minimum absolute atomic E-state index is 0.339. The molecule has 0 saturated heterocycles. The third kappa shape index (κ3) is 6.27. The van der Waals surface area contributed by atoms with Gasteiger partial charge in [-0.15, -0.1) is 0 Å². The molecule has 0 spiro atoms. The third-order valence-corrected chi connectivity index (χ3v) is 8.88. The first kappa shape index (κ1) is 29.2. The SMILES string of the molecule is C1=CCC(c2ccnc(-c3cc(-c4cc(-c5ccccc5)nc(-c5ccccc5)c4)cc(-c4cc(-c5ccccc5)ccn4)c3)c2)C=C1. The molecule has 0 radical (unpaired) electrons. The molecule has 0 amide bonds. The number of hydrogen-bond donors (Lipinski definition) is 0. The van der Waals surface area contributed by atoms with Crippen molar-refractivity contribution < 1.29 is 0 Å². The van der Waals surface area contributed by atoms with Crippen LogP contribution in [0.25, 0.3) is 67.3 Å². The zero-order valence-corrected chi connectivity index (χ0v) is 26.4. The average molecular weight is 616 g/mol. The Morgan fingerprint density at radius 3 is 1.52 bits per heavy atom. The van der Waals surface area contributed by atoms with E-state index in [9.17, 15) is 0 Å². The van der Waals surface area contributed by atoms with Crippen molar-refractivity contribution in [3.8, 4) is 67.3 Å². The molecule has 228 valence electrons. The molecule has 48 heavy (non-hydrogen) atoms. The number of aromatic nitrogens is 3. The zero-order valence-electron chi connectivity index (χ0n) is 26.4. The molecule has 0 saturated carbocycles. The van der Waals surface area contributed by atoms with Crippen LogP contribution in [0, 0.1) is 0 Å². The Kier molecular flexibility index (Phi) is 8.08. The van der Waals surface area contributed by atoms with Gasteiger partial charge in [-0.05, 0) is 88.8 Å². The summed E-state index contributed by atoms with van der Waals surface area (Å²) in [7, 11) is 0. The smallest absolute Gasteiger partial charge is 0.0715 e. The zero-order chi connectivity index (χ0) is 32.1. The summed E-state index contributed by atoms with van der Waals surface area (Å²) in [6.07, 6.45) is 13.6. The van der Waals surface area contributed by atoms with Crippen molar-refractivity contribution in [2.75, 3.05) is 0 Å². The predicted molar refractivity (Wildman–Crippen MR) is 198 cm³/mol. The van der Waals surface area contributed by atoms with E-state index in [4.69, 9.17) is 15.0 Å². The molecule has 1 unspecified atom stereocenters. The summed E-state index contributed by atoms with van der Waals surface area (Å²) >= 11 is 0. The number of rotatable bonds is 7. The highest BCUT2D eigenvalue weighted by molar-refractivity contribution is 5.84. The molecule has 3 aromatic heterocycles. The molecular weight excluding hydrogens is 583 g/mol. The normalized spacial score (nSPS) is 13.8. The molecular formula is C45H33N3. The summed E-state index contributed by atoms with van der Waals surface area (Å²) in [5.74, 6) is 0.339. The van der Waals surface area contributed by atoms with Crippen molar-refractivity contribution in [3.05, 3.63) is 188 Å². The second-order valence-corrected chi connectivity index (χ2v) is 12.1. The number of pyridine rings is 3. The average Bonchev–Trinajstić information content (AvgIpc) is 3.19. The minimum Gasteiger partial charge on any atom is -0.256 e.